The van der Waals surface area contributed by atoms with Crippen molar-refractivity contribution in [3.8, 4) is 11.5 Å². The Morgan fingerprint density at radius 2 is 2.00 bits per heavy atom. The van der Waals surface area contributed by atoms with Crippen molar-refractivity contribution in [3.05, 3.63) is 18.2 Å². The number of aliphatic hydroxyl groups excluding tert-OH is 1. The van der Waals surface area contributed by atoms with Crippen molar-refractivity contribution >= 4 is 11.6 Å². The van der Waals surface area contributed by atoms with Crippen molar-refractivity contribution in [1.29, 1.82) is 0 Å². The van der Waals surface area contributed by atoms with Crippen LogP contribution in [0.15, 0.2) is 18.2 Å². The van der Waals surface area contributed by atoms with Crippen molar-refractivity contribution in [2.45, 2.75) is 25.8 Å². The number of nitrogens with one attached hydrogen (secondary N) is 2. The zero-order chi connectivity index (χ0) is 15.3. The second-order valence-electron chi connectivity index (χ2n) is 5.62. The van der Waals surface area contributed by atoms with Gasteiger partial charge in [-0.3, -0.25) is 4.79 Å². The molecule has 1 aromatic carbocycles. The molecule has 1 aromatic rings. The summed E-state index contributed by atoms with van der Waals surface area (Å²) in [7, 11) is 0. The number of ether oxygens (including phenoxy) is 2. The molecule has 1 amide bonds. The summed E-state index contributed by atoms with van der Waals surface area (Å²) in [6.07, 6.45) is 0.588. The highest BCUT2D eigenvalue weighted by molar-refractivity contribution is 5.92. The Bertz CT molecular complexity index is 502. The number of hydrogen-bond donors (Lipinski definition) is 3. The zero-order valence-electron chi connectivity index (χ0n) is 12.4. The van der Waals surface area contributed by atoms with Gasteiger partial charge in [0.1, 0.15) is 13.2 Å². The minimum atomic E-state index is -0.279. The average Bonchev–Trinajstić information content (AvgIpc) is 2.45. The summed E-state index contributed by atoms with van der Waals surface area (Å²) in [6.45, 7) is 5.22. The van der Waals surface area contributed by atoms with Gasteiger partial charge < -0.3 is 25.2 Å². The highest BCUT2D eigenvalue weighted by atomic mass is 16.6. The Hall–Kier alpha value is -1.79. The van der Waals surface area contributed by atoms with E-state index in [-0.39, 0.29) is 24.6 Å². The molecule has 3 N–H and O–H groups in total. The number of amides is 1. The quantitative estimate of drug-likeness (QED) is 0.733. The monoisotopic (exact) mass is 294 g/mol. The van der Waals surface area contributed by atoms with E-state index in [0.717, 1.165) is 0 Å². The third-order valence-corrected chi connectivity index (χ3v) is 3.29. The van der Waals surface area contributed by atoms with Crippen LogP contribution in [0.4, 0.5) is 5.69 Å². The minimum Gasteiger partial charge on any atom is -0.486 e. The van der Waals surface area contributed by atoms with E-state index in [0.29, 0.717) is 36.8 Å². The van der Waals surface area contributed by atoms with Crippen LogP contribution >= 0.6 is 0 Å². The molecule has 2 rings (SSSR count). The van der Waals surface area contributed by atoms with Crippen molar-refractivity contribution in [2.24, 2.45) is 0 Å². The number of carbonyl (C=O) groups is 1. The van der Waals surface area contributed by atoms with Gasteiger partial charge in [-0.25, -0.2) is 0 Å². The molecule has 1 aliphatic heterocycles. The maximum Gasteiger partial charge on any atom is 0.238 e. The molecule has 0 radical (unpaired) electrons. The minimum absolute atomic E-state index is 0.0871. The van der Waals surface area contributed by atoms with Gasteiger partial charge in [-0.2, -0.15) is 0 Å². The fourth-order valence-corrected chi connectivity index (χ4v) is 2.01. The molecule has 0 spiro atoms. The van der Waals surface area contributed by atoms with Crippen LogP contribution in [0.2, 0.25) is 0 Å². The highest BCUT2D eigenvalue weighted by Crippen LogP contribution is 2.32. The Morgan fingerprint density at radius 3 is 2.71 bits per heavy atom. The lowest BCUT2D eigenvalue weighted by atomic mass is 10.0. The van der Waals surface area contributed by atoms with Crippen LogP contribution in [-0.4, -0.2) is 42.9 Å². The molecule has 0 bridgehead atoms. The number of anilines is 1. The average molecular weight is 294 g/mol. The molecule has 0 aromatic heterocycles. The molecule has 0 atom stereocenters. The summed E-state index contributed by atoms with van der Waals surface area (Å²) < 4.78 is 10.9. The molecule has 0 fully saturated rings. The first kappa shape index (κ1) is 15.6. The predicted octanol–water partition coefficient (Wildman–Crippen LogP) is 1.15. The number of rotatable bonds is 6. The van der Waals surface area contributed by atoms with E-state index in [1.165, 1.54) is 0 Å². The summed E-state index contributed by atoms with van der Waals surface area (Å²) in [5.74, 6) is 1.20. The summed E-state index contributed by atoms with van der Waals surface area (Å²) >= 11 is 0. The molecular weight excluding hydrogens is 272 g/mol. The molecular formula is C15H22N2O4. The Labute approximate surface area is 124 Å². The third-order valence-electron chi connectivity index (χ3n) is 3.29. The van der Waals surface area contributed by atoms with E-state index in [1.807, 2.05) is 13.8 Å². The van der Waals surface area contributed by atoms with Gasteiger partial charge in [0.05, 0.1) is 6.54 Å². The van der Waals surface area contributed by atoms with Gasteiger partial charge in [-0.15, -0.1) is 0 Å². The number of carbonyl (C=O) groups excluding carboxylic acids is 1. The van der Waals surface area contributed by atoms with Gasteiger partial charge >= 0.3 is 0 Å². The predicted molar refractivity (Wildman–Crippen MR) is 79.8 cm³/mol. The molecule has 1 aliphatic rings. The lowest BCUT2D eigenvalue weighted by Gasteiger charge is -2.25. The van der Waals surface area contributed by atoms with Gasteiger partial charge in [0, 0.05) is 23.9 Å². The van der Waals surface area contributed by atoms with E-state index in [4.69, 9.17) is 14.6 Å². The van der Waals surface area contributed by atoms with Crippen LogP contribution in [-0.2, 0) is 4.79 Å². The number of hydrogen-bond acceptors (Lipinski definition) is 5. The lowest BCUT2D eigenvalue weighted by Crippen LogP contribution is -2.44. The topological polar surface area (TPSA) is 79.8 Å². The fraction of sp³-hybridized carbons (Fsp3) is 0.533. The van der Waals surface area contributed by atoms with Crippen molar-refractivity contribution in [3.63, 3.8) is 0 Å². The molecule has 21 heavy (non-hydrogen) atoms. The smallest absolute Gasteiger partial charge is 0.238 e. The van der Waals surface area contributed by atoms with E-state index in [9.17, 15) is 4.79 Å². The molecule has 6 nitrogen and oxygen atoms in total. The Morgan fingerprint density at radius 1 is 1.29 bits per heavy atom. The van der Waals surface area contributed by atoms with E-state index in [1.54, 1.807) is 18.2 Å². The summed E-state index contributed by atoms with van der Waals surface area (Å²) in [4.78, 5) is 11.9. The highest BCUT2D eigenvalue weighted by Gasteiger charge is 2.18. The third kappa shape index (κ3) is 4.61. The van der Waals surface area contributed by atoms with Crippen molar-refractivity contribution < 1.29 is 19.4 Å². The maximum atomic E-state index is 11.9. The summed E-state index contributed by atoms with van der Waals surface area (Å²) in [5, 5.41) is 14.9. The molecule has 116 valence electrons. The lowest BCUT2D eigenvalue weighted by molar-refractivity contribution is -0.115. The number of benzene rings is 1. The standard InChI is InChI=1S/C15H22N2O4/c1-15(2,5-6-18)16-10-14(19)17-11-3-4-12-13(9-11)21-8-7-20-12/h3-4,9,16,18H,5-8,10H2,1-2H3,(H,17,19). The van der Waals surface area contributed by atoms with Gasteiger partial charge in [-0.05, 0) is 32.4 Å². The first-order valence-electron chi connectivity index (χ1n) is 7.05. The largest absolute Gasteiger partial charge is 0.486 e. The van der Waals surface area contributed by atoms with Crippen LogP contribution in [0.1, 0.15) is 20.3 Å². The molecule has 0 saturated heterocycles. The van der Waals surface area contributed by atoms with Crippen molar-refractivity contribution in [1.82, 2.24) is 5.32 Å². The Balaban J connectivity index is 1.88. The summed E-state index contributed by atoms with van der Waals surface area (Å²) in [5.41, 5.74) is 0.393. The molecule has 0 aliphatic carbocycles. The van der Waals surface area contributed by atoms with Gasteiger partial charge in [0.15, 0.2) is 11.5 Å². The van der Waals surface area contributed by atoms with Crippen LogP contribution in [0.3, 0.4) is 0 Å². The second kappa shape index (κ2) is 6.78. The van der Waals surface area contributed by atoms with Crippen LogP contribution < -0.4 is 20.1 Å². The Kier molecular flexibility index (Phi) is 5.03. The molecule has 1 heterocycles. The van der Waals surface area contributed by atoms with Crippen LogP contribution in [0.25, 0.3) is 0 Å². The van der Waals surface area contributed by atoms with E-state index >= 15 is 0 Å². The first-order valence-corrected chi connectivity index (χ1v) is 7.05. The summed E-state index contributed by atoms with van der Waals surface area (Å²) in [6, 6.07) is 5.32. The SMILES string of the molecule is CC(C)(CCO)NCC(=O)Nc1ccc2c(c1)OCCO2. The van der Waals surface area contributed by atoms with Gasteiger partial charge in [0.2, 0.25) is 5.91 Å². The normalized spacial score (nSPS) is 13.9. The van der Waals surface area contributed by atoms with E-state index < -0.39 is 0 Å². The van der Waals surface area contributed by atoms with Crippen molar-refractivity contribution in [2.75, 3.05) is 31.7 Å². The number of aliphatic hydroxyl groups is 1. The number of fused-ring (bicyclic) bond motifs is 1. The fourth-order valence-electron chi connectivity index (χ4n) is 2.01. The maximum absolute atomic E-state index is 11.9. The molecule has 0 saturated carbocycles. The molecule has 6 heteroatoms. The zero-order valence-corrected chi connectivity index (χ0v) is 12.4. The van der Waals surface area contributed by atoms with Crippen LogP contribution in [0, 0.1) is 0 Å². The molecule has 0 unspecified atom stereocenters. The second-order valence-corrected chi connectivity index (χ2v) is 5.62. The van der Waals surface area contributed by atoms with Gasteiger partial charge in [-0.1, -0.05) is 0 Å². The van der Waals surface area contributed by atoms with Gasteiger partial charge in [0.25, 0.3) is 0 Å². The van der Waals surface area contributed by atoms with E-state index in [2.05, 4.69) is 10.6 Å². The first-order chi connectivity index (χ1) is 10.00. The van der Waals surface area contributed by atoms with Crippen LogP contribution in [0.5, 0.6) is 11.5 Å².